The second-order valence-electron chi connectivity index (χ2n) is 2.99. The second kappa shape index (κ2) is 3.42. The minimum Gasteiger partial charge on any atom is -0.432 e. The number of hydrogen-bond donors (Lipinski definition) is 1. The highest BCUT2D eigenvalue weighted by atomic mass is 16.4. The second-order valence-corrected chi connectivity index (χ2v) is 2.99. The quantitative estimate of drug-likeness (QED) is 0.722. The molecule has 1 N–H and O–H groups in total. The van der Waals surface area contributed by atoms with Gasteiger partial charge in [-0.05, 0) is 12.3 Å². The lowest BCUT2D eigenvalue weighted by Crippen LogP contribution is -1.94. The molecule has 0 fully saturated rings. The monoisotopic (exact) mass is 154 g/mol. The van der Waals surface area contributed by atoms with Gasteiger partial charge in [-0.3, -0.25) is 0 Å². The number of nitrogens with one attached hydrogen (secondary N) is 1. The van der Waals surface area contributed by atoms with Gasteiger partial charge < -0.3 is 9.73 Å². The fraction of sp³-hybridized carbons (Fsp3) is 0.625. The first-order valence-electron chi connectivity index (χ1n) is 3.84. The molecule has 0 aliphatic heterocycles. The zero-order valence-electron chi connectivity index (χ0n) is 7.22. The molecule has 0 aromatic carbocycles. The summed E-state index contributed by atoms with van der Waals surface area (Å²) in [6.07, 6.45) is 2.68. The van der Waals surface area contributed by atoms with Gasteiger partial charge in [0.05, 0.1) is 5.69 Å². The molecule has 0 aliphatic carbocycles. The highest BCUT2D eigenvalue weighted by Gasteiger charge is 2.03. The smallest absolute Gasteiger partial charge is 0.294 e. The summed E-state index contributed by atoms with van der Waals surface area (Å²) in [6.45, 7) is 4.32. The Balaban J connectivity index is 2.58. The van der Waals surface area contributed by atoms with Crippen LogP contribution in [0.15, 0.2) is 10.7 Å². The Labute approximate surface area is 66.8 Å². The predicted molar refractivity (Wildman–Crippen MR) is 44.6 cm³/mol. The molecule has 0 saturated carbocycles. The lowest BCUT2D eigenvalue weighted by Gasteiger charge is -1.97. The molecule has 1 aromatic rings. The number of rotatable bonds is 3. The van der Waals surface area contributed by atoms with E-state index >= 15 is 0 Å². The molecule has 3 nitrogen and oxygen atoms in total. The lowest BCUT2D eigenvalue weighted by atomic mass is 10.1. The van der Waals surface area contributed by atoms with E-state index in [0.717, 1.165) is 12.1 Å². The molecular weight excluding hydrogens is 140 g/mol. The molecule has 0 amide bonds. The highest BCUT2D eigenvalue weighted by molar-refractivity contribution is 5.19. The van der Waals surface area contributed by atoms with Crippen molar-refractivity contribution in [3.63, 3.8) is 0 Å². The molecular formula is C8H14N2O. The number of oxazole rings is 1. The fourth-order valence-corrected chi connectivity index (χ4v) is 0.934. The molecule has 1 rings (SSSR count). The Morgan fingerprint density at radius 3 is 2.82 bits per heavy atom. The SMILES string of the molecule is CNc1nc(CC(C)C)co1. The molecule has 0 radical (unpaired) electrons. The van der Waals surface area contributed by atoms with Crippen molar-refractivity contribution in [3.05, 3.63) is 12.0 Å². The largest absolute Gasteiger partial charge is 0.432 e. The Morgan fingerprint density at radius 1 is 1.64 bits per heavy atom. The van der Waals surface area contributed by atoms with E-state index in [1.807, 2.05) is 0 Å². The number of anilines is 1. The van der Waals surface area contributed by atoms with Crippen molar-refractivity contribution in [2.75, 3.05) is 12.4 Å². The van der Waals surface area contributed by atoms with Crippen LogP contribution in [0, 0.1) is 5.92 Å². The molecule has 1 aromatic heterocycles. The summed E-state index contributed by atoms with van der Waals surface area (Å²) in [6, 6.07) is 0.598. The standard InChI is InChI=1S/C8H14N2O/c1-6(2)4-7-5-11-8(9-3)10-7/h5-6H,4H2,1-3H3,(H,9,10). The van der Waals surface area contributed by atoms with Gasteiger partial charge in [0.25, 0.3) is 6.01 Å². The van der Waals surface area contributed by atoms with Crippen LogP contribution in [0.4, 0.5) is 6.01 Å². The minimum absolute atomic E-state index is 0.598. The summed E-state index contributed by atoms with van der Waals surface area (Å²) in [4.78, 5) is 4.19. The summed E-state index contributed by atoms with van der Waals surface area (Å²) in [5.74, 6) is 0.629. The summed E-state index contributed by atoms with van der Waals surface area (Å²) >= 11 is 0. The molecule has 0 unspecified atom stereocenters. The van der Waals surface area contributed by atoms with Gasteiger partial charge in [0.2, 0.25) is 0 Å². The van der Waals surface area contributed by atoms with Crippen molar-refractivity contribution in [2.24, 2.45) is 5.92 Å². The van der Waals surface area contributed by atoms with E-state index in [9.17, 15) is 0 Å². The molecule has 1 heterocycles. The van der Waals surface area contributed by atoms with Gasteiger partial charge in [-0.2, -0.15) is 4.98 Å². The summed E-state index contributed by atoms with van der Waals surface area (Å²) in [5.41, 5.74) is 1.02. The van der Waals surface area contributed by atoms with Crippen LogP contribution in [0.25, 0.3) is 0 Å². The topological polar surface area (TPSA) is 38.1 Å². The fourth-order valence-electron chi connectivity index (χ4n) is 0.934. The normalized spacial score (nSPS) is 10.5. The minimum atomic E-state index is 0.598. The maximum atomic E-state index is 5.09. The Bertz CT molecular complexity index is 218. The van der Waals surface area contributed by atoms with Crippen molar-refractivity contribution < 1.29 is 4.42 Å². The van der Waals surface area contributed by atoms with E-state index in [1.54, 1.807) is 13.3 Å². The average Bonchev–Trinajstić information content (AvgIpc) is 2.34. The van der Waals surface area contributed by atoms with Crippen LogP contribution in [-0.4, -0.2) is 12.0 Å². The maximum Gasteiger partial charge on any atom is 0.294 e. The van der Waals surface area contributed by atoms with Crippen LogP contribution in [-0.2, 0) is 6.42 Å². The third kappa shape index (κ3) is 2.26. The molecule has 0 bridgehead atoms. The van der Waals surface area contributed by atoms with Crippen LogP contribution < -0.4 is 5.32 Å². The van der Waals surface area contributed by atoms with E-state index in [4.69, 9.17) is 4.42 Å². The van der Waals surface area contributed by atoms with Gasteiger partial charge >= 0.3 is 0 Å². The van der Waals surface area contributed by atoms with Gasteiger partial charge in [-0.15, -0.1) is 0 Å². The maximum absolute atomic E-state index is 5.09. The van der Waals surface area contributed by atoms with E-state index < -0.39 is 0 Å². The summed E-state index contributed by atoms with van der Waals surface area (Å²) in [5, 5.41) is 2.84. The van der Waals surface area contributed by atoms with Gasteiger partial charge in [0.15, 0.2) is 0 Å². The third-order valence-electron chi connectivity index (χ3n) is 1.38. The van der Waals surface area contributed by atoms with Crippen LogP contribution in [0.3, 0.4) is 0 Å². The summed E-state index contributed by atoms with van der Waals surface area (Å²) < 4.78 is 5.09. The number of hydrogen-bond acceptors (Lipinski definition) is 3. The Morgan fingerprint density at radius 2 is 2.36 bits per heavy atom. The van der Waals surface area contributed by atoms with Gasteiger partial charge in [-0.25, -0.2) is 0 Å². The van der Waals surface area contributed by atoms with Crippen LogP contribution in [0.5, 0.6) is 0 Å². The van der Waals surface area contributed by atoms with Crippen molar-refractivity contribution in [2.45, 2.75) is 20.3 Å². The third-order valence-corrected chi connectivity index (χ3v) is 1.38. The molecule has 62 valence electrons. The molecule has 0 saturated heterocycles. The van der Waals surface area contributed by atoms with Crippen LogP contribution in [0.1, 0.15) is 19.5 Å². The van der Waals surface area contributed by atoms with Gasteiger partial charge in [-0.1, -0.05) is 13.8 Å². The summed E-state index contributed by atoms with van der Waals surface area (Å²) in [7, 11) is 1.80. The average molecular weight is 154 g/mol. The van der Waals surface area contributed by atoms with Crippen LogP contribution in [0.2, 0.25) is 0 Å². The van der Waals surface area contributed by atoms with Gasteiger partial charge in [0.1, 0.15) is 6.26 Å². The first-order chi connectivity index (χ1) is 5.22. The highest BCUT2D eigenvalue weighted by Crippen LogP contribution is 2.10. The molecule has 11 heavy (non-hydrogen) atoms. The van der Waals surface area contributed by atoms with Crippen molar-refractivity contribution >= 4 is 6.01 Å². The number of nitrogens with zero attached hydrogens (tertiary/aromatic N) is 1. The van der Waals surface area contributed by atoms with Crippen molar-refractivity contribution in [3.8, 4) is 0 Å². The van der Waals surface area contributed by atoms with Crippen molar-refractivity contribution in [1.29, 1.82) is 0 Å². The molecule has 0 atom stereocenters. The molecule has 3 heteroatoms. The van der Waals surface area contributed by atoms with Gasteiger partial charge in [0, 0.05) is 7.05 Å². The Hall–Kier alpha value is -0.990. The van der Waals surface area contributed by atoms with E-state index in [-0.39, 0.29) is 0 Å². The van der Waals surface area contributed by atoms with Crippen molar-refractivity contribution in [1.82, 2.24) is 4.98 Å². The Kier molecular flexibility index (Phi) is 2.52. The van der Waals surface area contributed by atoms with E-state index in [0.29, 0.717) is 11.9 Å². The zero-order valence-corrected chi connectivity index (χ0v) is 7.22. The zero-order chi connectivity index (χ0) is 8.27. The van der Waals surface area contributed by atoms with E-state index in [2.05, 4.69) is 24.1 Å². The van der Waals surface area contributed by atoms with Crippen LogP contribution >= 0.6 is 0 Å². The number of aromatic nitrogens is 1. The molecule has 0 spiro atoms. The molecule has 0 aliphatic rings. The predicted octanol–water partition coefficient (Wildman–Crippen LogP) is 1.91. The first kappa shape index (κ1) is 8.11. The van der Waals surface area contributed by atoms with E-state index in [1.165, 1.54) is 0 Å². The lowest BCUT2D eigenvalue weighted by molar-refractivity contribution is 0.568. The first-order valence-corrected chi connectivity index (χ1v) is 3.84.